The lowest BCUT2D eigenvalue weighted by atomic mass is 10.2. The Morgan fingerprint density at radius 2 is 2.26 bits per heavy atom. The third kappa shape index (κ3) is 2.53. The Morgan fingerprint density at radius 3 is 2.89 bits per heavy atom. The van der Waals surface area contributed by atoms with E-state index in [1.165, 1.54) is 19.1 Å². The number of imide groups is 1. The van der Waals surface area contributed by atoms with Gasteiger partial charge in [0.15, 0.2) is 5.82 Å². The molecule has 19 heavy (non-hydrogen) atoms. The van der Waals surface area contributed by atoms with Crippen LogP contribution in [0.25, 0.3) is 0 Å². The van der Waals surface area contributed by atoms with Gasteiger partial charge in [-0.2, -0.15) is 0 Å². The molecule has 0 spiro atoms. The van der Waals surface area contributed by atoms with Crippen LogP contribution in [-0.4, -0.2) is 23.0 Å². The van der Waals surface area contributed by atoms with Crippen molar-refractivity contribution in [3.05, 3.63) is 29.6 Å². The number of anilines is 2. The Hall–Kier alpha value is -2.08. The van der Waals surface area contributed by atoms with Crippen molar-refractivity contribution in [1.82, 2.24) is 4.98 Å². The lowest BCUT2D eigenvalue weighted by Gasteiger charge is -2.30. The number of aromatic nitrogens is 1. The zero-order valence-corrected chi connectivity index (χ0v) is 11.2. The molecule has 7 heteroatoms. The van der Waals surface area contributed by atoms with Crippen LogP contribution < -0.4 is 10.2 Å². The summed E-state index contributed by atoms with van der Waals surface area (Å²) in [5, 5.41) is 3.14. The van der Waals surface area contributed by atoms with Crippen LogP contribution in [0.3, 0.4) is 0 Å². The number of rotatable bonds is 1. The number of nitrogens with zero attached hydrogens (tertiary/aromatic N) is 2. The lowest BCUT2D eigenvalue weighted by Crippen LogP contribution is -2.49. The predicted molar refractivity (Wildman–Crippen MR) is 71.1 cm³/mol. The van der Waals surface area contributed by atoms with Gasteiger partial charge in [-0.05, 0) is 26.0 Å². The van der Waals surface area contributed by atoms with Crippen LogP contribution in [0.4, 0.5) is 16.3 Å². The van der Waals surface area contributed by atoms with E-state index in [0.717, 1.165) is 4.90 Å². The summed E-state index contributed by atoms with van der Waals surface area (Å²) in [7, 11) is 0. The number of nitrogens with one attached hydrogen (secondary N) is 1. The van der Waals surface area contributed by atoms with Crippen molar-refractivity contribution in [2.45, 2.75) is 19.9 Å². The van der Waals surface area contributed by atoms with E-state index in [-0.39, 0.29) is 10.9 Å². The molecule has 0 saturated heterocycles. The van der Waals surface area contributed by atoms with Crippen LogP contribution in [0.5, 0.6) is 0 Å². The van der Waals surface area contributed by atoms with Crippen molar-refractivity contribution in [2.75, 3.05) is 10.2 Å². The molecule has 2 amide bonds. The molecule has 0 radical (unpaired) electrons. The highest BCUT2D eigenvalue weighted by atomic mass is 35.5. The molecule has 1 aliphatic rings. The van der Waals surface area contributed by atoms with E-state index in [0.29, 0.717) is 11.5 Å². The minimum absolute atomic E-state index is 0.201. The van der Waals surface area contributed by atoms with Gasteiger partial charge in [-0.25, -0.2) is 14.7 Å². The molecule has 100 valence electrons. The summed E-state index contributed by atoms with van der Waals surface area (Å²) in [6.07, 6.45) is -0.809. The Bertz CT molecular complexity index is 573. The summed E-state index contributed by atoms with van der Waals surface area (Å²) in [6.45, 7) is 6.61. The number of halogens is 1. The number of carbonyl (C=O) groups is 2. The fourth-order valence-electron chi connectivity index (χ4n) is 1.68. The first-order valence-corrected chi connectivity index (χ1v) is 5.92. The van der Waals surface area contributed by atoms with Gasteiger partial charge < -0.3 is 10.1 Å². The molecule has 1 N–H and O–H groups in total. The average Bonchev–Trinajstić information content (AvgIpc) is 2.29. The van der Waals surface area contributed by atoms with E-state index in [1.807, 2.05) is 0 Å². The number of hydrogen-bond acceptors (Lipinski definition) is 5. The molecule has 1 aliphatic heterocycles. The standard InChI is InChI=1S/C12H12ClN3O3/c1-6(2)19-12(18)16-8-4-5-9(13)15-10(8)14-7(3)11(16)17/h4-5,7H,1H2,2-3H3,(H,14,15)/t7-/m0/s1. The van der Waals surface area contributed by atoms with Gasteiger partial charge in [0.2, 0.25) is 0 Å². The second-order valence-electron chi connectivity index (χ2n) is 4.11. The van der Waals surface area contributed by atoms with Gasteiger partial charge >= 0.3 is 6.09 Å². The molecule has 1 aromatic rings. The zero-order chi connectivity index (χ0) is 14.2. The smallest absolute Gasteiger partial charge is 0.415 e. The van der Waals surface area contributed by atoms with Gasteiger partial charge in [0.05, 0.1) is 11.4 Å². The number of ether oxygens (including phenoxy) is 1. The van der Waals surface area contributed by atoms with E-state index >= 15 is 0 Å². The Kier molecular flexibility index (Phi) is 3.44. The topological polar surface area (TPSA) is 71.5 Å². The summed E-state index contributed by atoms with van der Waals surface area (Å²) in [6, 6.07) is 2.42. The number of carbonyl (C=O) groups excluding carboxylic acids is 2. The molecule has 0 saturated carbocycles. The normalized spacial score (nSPS) is 17.5. The van der Waals surface area contributed by atoms with Crippen LogP contribution in [0.1, 0.15) is 13.8 Å². The number of pyridine rings is 1. The first-order valence-electron chi connectivity index (χ1n) is 5.54. The van der Waals surface area contributed by atoms with Crippen molar-refractivity contribution in [1.29, 1.82) is 0 Å². The lowest BCUT2D eigenvalue weighted by molar-refractivity contribution is -0.118. The molecule has 0 aromatic carbocycles. The first-order chi connectivity index (χ1) is 8.90. The number of amides is 2. The van der Waals surface area contributed by atoms with Crippen LogP contribution in [-0.2, 0) is 9.53 Å². The monoisotopic (exact) mass is 281 g/mol. The van der Waals surface area contributed by atoms with E-state index in [2.05, 4.69) is 16.9 Å². The van der Waals surface area contributed by atoms with E-state index in [9.17, 15) is 9.59 Å². The van der Waals surface area contributed by atoms with Gasteiger partial charge in [-0.1, -0.05) is 18.2 Å². The maximum atomic E-state index is 12.1. The van der Waals surface area contributed by atoms with E-state index in [4.69, 9.17) is 16.3 Å². The highest BCUT2D eigenvalue weighted by molar-refractivity contribution is 6.30. The van der Waals surface area contributed by atoms with Gasteiger partial charge in [0.1, 0.15) is 11.2 Å². The van der Waals surface area contributed by atoms with Gasteiger partial charge in [0, 0.05) is 0 Å². The number of hydrogen-bond donors (Lipinski definition) is 1. The molecule has 0 bridgehead atoms. The summed E-state index contributed by atoms with van der Waals surface area (Å²) < 4.78 is 4.88. The predicted octanol–water partition coefficient (Wildman–Crippen LogP) is 2.55. The molecule has 2 heterocycles. The highest BCUT2D eigenvalue weighted by Gasteiger charge is 2.36. The van der Waals surface area contributed by atoms with Gasteiger partial charge in [-0.3, -0.25) is 4.79 Å². The van der Waals surface area contributed by atoms with Crippen molar-refractivity contribution in [2.24, 2.45) is 0 Å². The summed E-state index contributed by atoms with van der Waals surface area (Å²) in [5.41, 5.74) is 0.304. The second-order valence-corrected chi connectivity index (χ2v) is 4.50. The fraction of sp³-hybridized carbons (Fsp3) is 0.250. The van der Waals surface area contributed by atoms with E-state index < -0.39 is 18.0 Å². The molecule has 6 nitrogen and oxygen atoms in total. The Morgan fingerprint density at radius 1 is 1.58 bits per heavy atom. The minimum Gasteiger partial charge on any atom is -0.415 e. The molecule has 0 unspecified atom stereocenters. The molecule has 2 rings (SSSR count). The minimum atomic E-state index is -0.809. The summed E-state index contributed by atoms with van der Waals surface area (Å²) in [5.74, 6) is 0.133. The summed E-state index contributed by atoms with van der Waals surface area (Å²) in [4.78, 5) is 29.0. The molecule has 1 aromatic heterocycles. The first kappa shape index (κ1) is 13.4. The Labute approximate surface area is 115 Å². The molecular formula is C12H12ClN3O3. The average molecular weight is 282 g/mol. The van der Waals surface area contributed by atoms with Gasteiger partial charge in [0.25, 0.3) is 5.91 Å². The van der Waals surface area contributed by atoms with Crippen LogP contribution >= 0.6 is 11.6 Å². The molecule has 0 aliphatic carbocycles. The number of allylic oxidation sites excluding steroid dienone is 1. The van der Waals surface area contributed by atoms with Crippen LogP contribution in [0, 0.1) is 0 Å². The van der Waals surface area contributed by atoms with Crippen molar-refractivity contribution < 1.29 is 14.3 Å². The quantitative estimate of drug-likeness (QED) is 0.633. The largest absolute Gasteiger partial charge is 0.426 e. The molecule has 1 atom stereocenters. The Balaban J connectivity index is 2.45. The summed E-state index contributed by atoms with van der Waals surface area (Å²) >= 11 is 5.79. The van der Waals surface area contributed by atoms with Crippen molar-refractivity contribution >= 4 is 35.1 Å². The van der Waals surface area contributed by atoms with Crippen molar-refractivity contribution in [3.63, 3.8) is 0 Å². The SMILES string of the molecule is C=C(C)OC(=O)N1C(=O)[C@H](C)Nc2nc(Cl)ccc21. The highest BCUT2D eigenvalue weighted by Crippen LogP contribution is 2.31. The third-order valence-corrected chi connectivity index (χ3v) is 2.68. The maximum Gasteiger partial charge on any atom is 0.426 e. The third-order valence-electron chi connectivity index (χ3n) is 2.47. The van der Waals surface area contributed by atoms with E-state index in [1.54, 1.807) is 6.92 Å². The fourth-order valence-corrected chi connectivity index (χ4v) is 1.82. The van der Waals surface area contributed by atoms with Crippen LogP contribution in [0.15, 0.2) is 24.5 Å². The maximum absolute atomic E-state index is 12.1. The molecular weight excluding hydrogens is 270 g/mol. The van der Waals surface area contributed by atoms with Gasteiger partial charge in [-0.15, -0.1) is 0 Å². The second kappa shape index (κ2) is 4.89. The number of fused-ring (bicyclic) bond motifs is 1. The van der Waals surface area contributed by atoms with Crippen molar-refractivity contribution in [3.8, 4) is 0 Å². The zero-order valence-electron chi connectivity index (χ0n) is 10.4. The van der Waals surface area contributed by atoms with Crippen LogP contribution in [0.2, 0.25) is 5.15 Å². The molecule has 0 fully saturated rings.